The summed E-state index contributed by atoms with van der Waals surface area (Å²) in [6.45, 7) is 8.78. The van der Waals surface area contributed by atoms with E-state index in [2.05, 4.69) is 22.0 Å². The zero-order valence-electron chi connectivity index (χ0n) is 12.3. The van der Waals surface area contributed by atoms with E-state index < -0.39 is 5.60 Å². The van der Waals surface area contributed by atoms with E-state index in [0.717, 1.165) is 45.1 Å². The van der Waals surface area contributed by atoms with E-state index in [0.29, 0.717) is 6.04 Å². The summed E-state index contributed by atoms with van der Waals surface area (Å²) in [6, 6.07) is 1.34. The van der Waals surface area contributed by atoms with Crippen molar-refractivity contribution in [2.75, 3.05) is 39.3 Å². The van der Waals surface area contributed by atoms with Crippen molar-refractivity contribution in [2.24, 2.45) is 0 Å². The number of nitrogens with one attached hydrogen (secondary N) is 1. The summed E-state index contributed by atoms with van der Waals surface area (Å²) in [5.74, 6) is 0. The fourth-order valence-electron chi connectivity index (χ4n) is 4.06. The van der Waals surface area contributed by atoms with Crippen molar-refractivity contribution in [1.29, 1.82) is 0 Å². The lowest BCUT2D eigenvalue weighted by atomic mass is 9.89. The molecule has 4 heteroatoms. The molecule has 4 nitrogen and oxygen atoms in total. The van der Waals surface area contributed by atoms with Crippen molar-refractivity contribution in [1.82, 2.24) is 15.1 Å². The SMILES string of the molecule is CC1CN2CCCCC2CN1CC1(O)CCNCC1. The molecule has 2 atom stereocenters. The lowest BCUT2D eigenvalue weighted by molar-refractivity contribution is -0.0607. The van der Waals surface area contributed by atoms with Gasteiger partial charge in [0.15, 0.2) is 0 Å². The predicted molar refractivity (Wildman–Crippen MR) is 77.3 cm³/mol. The van der Waals surface area contributed by atoms with Gasteiger partial charge in [-0.25, -0.2) is 0 Å². The Kier molecular flexibility index (Phi) is 4.13. The molecule has 2 N–H and O–H groups in total. The van der Waals surface area contributed by atoms with Gasteiger partial charge in [-0.2, -0.15) is 0 Å². The third kappa shape index (κ3) is 3.13. The average Bonchev–Trinajstić information content (AvgIpc) is 2.40. The fraction of sp³-hybridized carbons (Fsp3) is 1.00. The number of fused-ring (bicyclic) bond motifs is 1. The van der Waals surface area contributed by atoms with E-state index in [1.807, 2.05) is 0 Å². The second-order valence-corrected chi connectivity index (χ2v) is 6.90. The molecule has 19 heavy (non-hydrogen) atoms. The first-order chi connectivity index (χ1) is 9.16. The minimum absolute atomic E-state index is 0.448. The van der Waals surface area contributed by atoms with Crippen LogP contribution < -0.4 is 5.32 Å². The first kappa shape index (κ1) is 13.8. The van der Waals surface area contributed by atoms with Gasteiger partial charge in [0.2, 0.25) is 0 Å². The molecule has 3 heterocycles. The average molecular weight is 267 g/mol. The molecule has 0 radical (unpaired) electrons. The third-order valence-corrected chi connectivity index (χ3v) is 5.35. The number of piperidine rings is 2. The van der Waals surface area contributed by atoms with Crippen molar-refractivity contribution in [3.8, 4) is 0 Å². The van der Waals surface area contributed by atoms with Gasteiger partial charge in [-0.1, -0.05) is 6.42 Å². The Bertz CT molecular complexity index is 304. The van der Waals surface area contributed by atoms with E-state index in [1.165, 1.54) is 32.4 Å². The minimum atomic E-state index is -0.448. The second kappa shape index (κ2) is 5.68. The van der Waals surface area contributed by atoms with E-state index in [-0.39, 0.29) is 0 Å². The van der Waals surface area contributed by atoms with Crippen LogP contribution in [0.25, 0.3) is 0 Å². The van der Waals surface area contributed by atoms with E-state index in [1.54, 1.807) is 0 Å². The summed E-state index contributed by atoms with van der Waals surface area (Å²) >= 11 is 0. The van der Waals surface area contributed by atoms with Gasteiger partial charge in [-0.3, -0.25) is 9.80 Å². The molecule has 3 aliphatic rings. The molecule has 0 aliphatic carbocycles. The predicted octanol–water partition coefficient (Wildman–Crippen LogP) is 0.660. The van der Waals surface area contributed by atoms with Crippen molar-refractivity contribution in [3.63, 3.8) is 0 Å². The van der Waals surface area contributed by atoms with Crippen molar-refractivity contribution >= 4 is 0 Å². The van der Waals surface area contributed by atoms with Gasteiger partial charge in [-0.05, 0) is 52.2 Å². The molecule has 110 valence electrons. The van der Waals surface area contributed by atoms with Gasteiger partial charge in [-0.15, -0.1) is 0 Å². The van der Waals surface area contributed by atoms with Crippen LogP contribution in [0.1, 0.15) is 39.0 Å². The summed E-state index contributed by atoms with van der Waals surface area (Å²) in [6.07, 6.45) is 5.93. The molecule has 0 amide bonds. The third-order valence-electron chi connectivity index (χ3n) is 5.35. The maximum absolute atomic E-state index is 10.7. The molecule has 0 spiro atoms. The van der Waals surface area contributed by atoms with Gasteiger partial charge < -0.3 is 10.4 Å². The zero-order chi connectivity index (χ0) is 13.3. The molecule has 3 saturated heterocycles. The highest BCUT2D eigenvalue weighted by Crippen LogP contribution is 2.27. The number of β-amino-alcohol motifs (C(OH)–C–C–N with tert-alkyl or cyclic N) is 1. The number of hydrogen-bond acceptors (Lipinski definition) is 4. The molecule has 0 aromatic carbocycles. The Morgan fingerprint density at radius 2 is 2.00 bits per heavy atom. The quantitative estimate of drug-likeness (QED) is 0.771. The topological polar surface area (TPSA) is 38.7 Å². The Morgan fingerprint density at radius 1 is 1.21 bits per heavy atom. The van der Waals surface area contributed by atoms with Crippen LogP contribution in [-0.4, -0.2) is 71.9 Å². The van der Waals surface area contributed by atoms with Gasteiger partial charge in [0.05, 0.1) is 5.60 Å². The number of piperazine rings is 1. The largest absolute Gasteiger partial charge is 0.388 e. The fourth-order valence-corrected chi connectivity index (χ4v) is 4.06. The smallest absolute Gasteiger partial charge is 0.0798 e. The summed E-state index contributed by atoms with van der Waals surface area (Å²) in [7, 11) is 0. The van der Waals surface area contributed by atoms with Gasteiger partial charge in [0, 0.05) is 31.7 Å². The van der Waals surface area contributed by atoms with Gasteiger partial charge >= 0.3 is 0 Å². The number of aliphatic hydroxyl groups is 1. The van der Waals surface area contributed by atoms with Crippen LogP contribution in [0.15, 0.2) is 0 Å². The molecule has 3 rings (SSSR count). The molecule has 3 fully saturated rings. The normalized spacial score (nSPS) is 36.9. The second-order valence-electron chi connectivity index (χ2n) is 6.90. The standard InChI is InChI=1S/C15H29N3O/c1-13-10-17-9-3-2-4-14(17)11-18(13)12-15(19)5-7-16-8-6-15/h13-14,16,19H,2-12H2,1H3. The van der Waals surface area contributed by atoms with Crippen LogP contribution >= 0.6 is 0 Å². The Morgan fingerprint density at radius 3 is 2.79 bits per heavy atom. The van der Waals surface area contributed by atoms with Crippen LogP contribution in [0.5, 0.6) is 0 Å². The maximum atomic E-state index is 10.7. The summed E-state index contributed by atoms with van der Waals surface area (Å²) in [5, 5.41) is 14.1. The lowest BCUT2D eigenvalue weighted by Gasteiger charge is -2.49. The van der Waals surface area contributed by atoms with Crippen LogP contribution in [-0.2, 0) is 0 Å². The monoisotopic (exact) mass is 267 g/mol. The lowest BCUT2D eigenvalue weighted by Crippen LogP contribution is -2.62. The molecule has 0 bridgehead atoms. The molecular weight excluding hydrogens is 238 g/mol. The zero-order valence-corrected chi connectivity index (χ0v) is 12.3. The molecule has 3 aliphatic heterocycles. The molecule has 0 aromatic heterocycles. The highest BCUT2D eigenvalue weighted by molar-refractivity contribution is 4.94. The summed E-state index contributed by atoms with van der Waals surface area (Å²) < 4.78 is 0. The molecule has 0 aromatic rings. The van der Waals surface area contributed by atoms with Crippen LogP contribution in [0.3, 0.4) is 0 Å². The molecular formula is C15H29N3O. The van der Waals surface area contributed by atoms with Crippen molar-refractivity contribution in [3.05, 3.63) is 0 Å². The molecule has 2 unspecified atom stereocenters. The van der Waals surface area contributed by atoms with Gasteiger partial charge in [0.25, 0.3) is 0 Å². The summed E-state index contributed by atoms with van der Waals surface area (Å²) in [4.78, 5) is 5.23. The maximum Gasteiger partial charge on any atom is 0.0798 e. The Labute approximate surface area is 117 Å². The van der Waals surface area contributed by atoms with E-state index in [4.69, 9.17) is 0 Å². The van der Waals surface area contributed by atoms with Gasteiger partial charge in [0.1, 0.15) is 0 Å². The first-order valence-corrected chi connectivity index (χ1v) is 8.07. The highest BCUT2D eigenvalue weighted by atomic mass is 16.3. The van der Waals surface area contributed by atoms with Crippen LogP contribution in [0, 0.1) is 0 Å². The Balaban J connectivity index is 1.60. The van der Waals surface area contributed by atoms with Crippen molar-refractivity contribution in [2.45, 2.75) is 56.7 Å². The van der Waals surface area contributed by atoms with Crippen LogP contribution in [0.4, 0.5) is 0 Å². The van der Waals surface area contributed by atoms with Crippen molar-refractivity contribution < 1.29 is 5.11 Å². The number of rotatable bonds is 2. The first-order valence-electron chi connectivity index (χ1n) is 8.07. The van der Waals surface area contributed by atoms with Crippen LogP contribution in [0.2, 0.25) is 0 Å². The van der Waals surface area contributed by atoms with E-state index >= 15 is 0 Å². The minimum Gasteiger partial charge on any atom is -0.388 e. The number of hydrogen-bond donors (Lipinski definition) is 2. The Hall–Kier alpha value is -0.160. The summed E-state index contributed by atoms with van der Waals surface area (Å²) in [5.41, 5.74) is -0.448. The number of nitrogens with zero attached hydrogens (tertiary/aromatic N) is 2. The molecule has 0 saturated carbocycles. The highest BCUT2D eigenvalue weighted by Gasteiger charge is 2.38. The van der Waals surface area contributed by atoms with E-state index in [9.17, 15) is 5.11 Å².